The molecule has 7 heteroatoms. The maximum Gasteiger partial charge on any atom is 0.139 e. The fourth-order valence-corrected chi connectivity index (χ4v) is 2.80. The quantitative estimate of drug-likeness (QED) is 0.515. The molecule has 23 heavy (non-hydrogen) atoms. The van der Waals surface area contributed by atoms with Gasteiger partial charge in [0.1, 0.15) is 18.4 Å². The smallest absolute Gasteiger partial charge is 0.139 e. The highest BCUT2D eigenvalue weighted by molar-refractivity contribution is 7.98. The van der Waals surface area contributed by atoms with E-state index in [-0.39, 0.29) is 0 Å². The van der Waals surface area contributed by atoms with Gasteiger partial charge in [0.25, 0.3) is 0 Å². The summed E-state index contributed by atoms with van der Waals surface area (Å²) in [6.07, 6.45) is 6.52. The van der Waals surface area contributed by atoms with E-state index in [1.807, 2.05) is 30.3 Å². The zero-order valence-corrected chi connectivity index (χ0v) is 13.3. The number of hydrogen-bond acceptors (Lipinski definition) is 6. The van der Waals surface area contributed by atoms with Gasteiger partial charge in [-0.2, -0.15) is 5.10 Å². The van der Waals surface area contributed by atoms with E-state index in [1.54, 1.807) is 31.3 Å². The van der Waals surface area contributed by atoms with Crippen molar-refractivity contribution in [2.24, 2.45) is 5.10 Å². The number of thioether (sulfide) groups is 1. The first-order valence-corrected chi connectivity index (χ1v) is 7.93. The Morgan fingerprint density at radius 1 is 1.30 bits per heavy atom. The Morgan fingerprint density at radius 3 is 3.00 bits per heavy atom. The molecule has 0 bridgehead atoms. The Morgan fingerprint density at radius 2 is 2.26 bits per heavy atom. The SMILES string of the molecule is COc1ccc(C=Nn2cncn2)cc1CSc1ccccn1. The van der Waals surface area contributed by atoms with Crippen LogP contribution < -0.4 is 4.74 Å². The minimum atomic E-state index is 0.769. The van der Waals surface area contributed by atoms with Crippen LogP contribution in [0.2, 0.25) is 0 Å². The lowest BCUT2D eigenvalue weighted by Gasteiger charge is -2.09. The Kier molecular flexibility index (Phi) is 5.00. The summed E-state index contributed by atoms with van der Waals surface area (Å²) in [4.78, 5) is 9.58. The van der Waals surface area contributed by atoms with E-state index in [0.29, 0.717) is 0 Å². The summed E-state index contributed by atoms with van der Waals surface area (Å²) in [7, 11) is 1.67. The minimum Gasteiger partial charge on any atom is -0.496 e. The first-order valence-electron chi connectivity index (χ1n) is 6.95. The van der Waals surface area contributed by atoms with E-state index in [0.717, 1.165) is 27.7 Å². The third-order valence-electron chi connectivity index (χ3n) is 3.05. The number of ether oxygens (including phenoxy) is 1. The third-order valence-corrected chi connectivity index (χ3v) is 4.04. The summed E-state index contributed by atoms with van der Waals surface area (Å²) in [5, 5.41) is 9.13. The number of aromatic nitrogens is 4. The predicted molar refractivity (Wildman–Crippen MR) is 89.8 cm³/mol. The van der Waals surface area contributed by atoms with Crippen LogP contribution in [0.25, 0.3) is 0 Å². The number of methoxy groups -OCH3 is 1. The van der Waals surface area contributed by atoms with E-state index in [1.165, 1.54) is 17.4 Å². The van der Waals surface area contributed by atoms with Crippen molar-refractivity contribution in [3.05, 3.63) is 66.4 Å². The molecule has 3 rings (SSSR count). The molecule has 0 fully saturated rings. The van der Waals surface area contributed by atoms with Gasteiger partial charge >= 0.3 is 0 Å². The van der Waals surface area contributed by atoms with Crippen LogP contribution in [-0.2, 0) is 5.75 Å². The molecule has 0 saturated heterocycles. The van der Waals surface area contributed by atoms with Gasteiger partial charge in [-0.1, -0.05) is 6.07 Å². The third kappa shape index (κ3) is 4.17. The molecule has 2 heterocycles. The van der Waals surface area contributed by atoms with Crippen LogP contribution in [0.1, 0.15) is 11.1 Å². The molecule has 0 aliphatic carbocycles. The fourth-order valence-electron chi connectivity index (χ4n) is 1.96. The molecule has 0 amide bonds. The Hall–Kier alpha value is -2.67. The zero-order valence-electron chi connectivity index (χ0n) is 12.5. The average molecular weight is 325 g/mol. The van der Waals surface area contributed by atoms with E-state index in [9.17, 15) is 0 Å². The predicted octanol–water partition coefficient (Wildman–Crippen LogP) is 2.86. The number of hydrogen-bond donors (Lipinski definition) is 0. The van der Waals surface area contributed by atoms with Crippen molar-refractivity contribution in [3.63, 3.8) is 0 Å². The van der Waals surface area contributed by atoms with Crippen molar-refractivity contribution < 1.29 is 4.74 Å². The van der Waals surface area contributed by atoms with Gasteiger partial charge in [-0.3, -0.25) is 0 Å². The van der Waals surface area contributed by atoms with Crippen molar-refractivity contribution >= 4 is 18.0 Å². The van der Waals surface area contributed by atoms with Crippen molar-refractivity contribution in [1.29, 1.82) is 0 Å². The van der Waals surface area contributed by atoms with E-state index >= 15 is 0 Å². The molecular formula is C16H15N5OS. The lowest BCUT2D eigenvalue weighted by Crippen LogP contribution is -1.95. The zero-order chi connectivity index (χ0) is 15.9. The number of benzene rings is 1. The molecule has 0 saturated carbocycles. The molecule has 2 aromatic heterocycles. The standard InChI is InChI=1S/C16H15N5OS/c1-22-15-6-5-13(9-19-21-12-17-11-20-21)8-14(15)10-23-16-4-2-3-7-18-16/h2-9,11-12H,10H2,1H3. The number of nitrogens with zero attached hydrogens (tertiary/aromatic N) is 5. The second-order valence-electron chi connectivity index (χ2n) is 4.59. The largest absolute Gasteiger partial charge is 0.496 e. The molecule has 0 aliphatic heterocycles. The summed E-state index contributed by atoms with van der Waals surface area (Å²) in [5.41, 5.74) is 2.06. The highest BCUT2D eigenvalue weighted by atomic mass is 32.2. The highest BCUT2D eigenvalue weighted by Gasteiger charge is 2.05. The first-order chi connectivity index (χ1) is 11.3. The maximum absolute atomic E-state index is 5.43. The van der Waals surface area contributed by atoms with Gasteiger partial charge in [-0.25, -0.2) is 9.97 Å². The van der Waals surface area contributed by atoms with Crippen LogP contribution in [0.3, 0.4) is 0 Å². The molecule has 0 aliphatic rings. The van der Waals surface area contributed by atoms with Crippen molar-refractivity contribution in [2.75, 3.05) is 7.11 Å². The second-order valence-corrected chi connectivity index (χ2v) is 5.58. The molecule has 0 spiro atoms. The molecule has 1 aromatic carbocycles. The van der Waals surface area contributed by atoms with Crippen LogP contribution in [-0.4, -0.2) is 33.2 Å². The second kappa shape index (κ2) is 7.55. The lowest BCUT2D eigenvalue weighted by molar-refractivity contribution is 0.411. The van der Waals surface area contributed by atoms with Crippen LogP contribution in [0.5, 0.6) is 5.75 Å². The number of rotatable bonds is 6. The van der Waals surface area contributed by atoms with Crippen LogP contribution in [0, 0.1) is 0 Å². The lowest BCUT2D eigenvalue weighted by atomic mass is 10.1. The normalized spacial score (nSPS) is 11.0. The highest BCUT2D eigenvalue weighted by Crippen LogP contribution is 2.27. The monoisotopic (exact) mass is 325 g/mol. The van der Waals surface area contributed by atoms with Crippen molar-refractivity contribution in [2.45, 2.75) is 10.8 Å². The molecule has 6 nitrogen and oxygen atoms in total. The van der Waals surface area contributed by atoms with Gasteiger partial charge in [0, 0.05) is 17.5 Å². The van der Waals surface area contributed by atoms with Gasteiger partial charge in [-0.05, 0) is 35.9 Å². The van der Waals surface area contributed by atoms with Gasteiger partial charge in [0.05, 0.1) is 18.4 Å². The molecular weight excluding hydrogens is 310 g/mol. The van der Waals surface area contributed by atoms with E-state index in [2.05, 4.69) is 26.2 Å². The molecule has 0 unspecified atom stereocenters. The van der Waals surface area contributed by atoms with E-state index in [4.69, 9.17) is 4.74 Å². The van der Waals surface area contributed by atoms with E-state index < -0.39 is 0 Å². The van der Waals surface area contributed by atoms with Crippen LogP contribution in [0.4, 0.5) is 0 Å². The minimum absolute atomic E-state index is 0.769. The van der Waals surface area contributed by atoms with Gasteiger partial charge in [0.2, 0.25) is 0 Å². The molecule has 0 radical (unpaired) electrons. The Labute approximate surface area is 138 Å². The summed E-state index contributed by atoms with van der Waals surface area (Å²) in [5.74, 6) is 1.62. The molecule has 0 atom stereocenters. The Bertz CT molecular complexity index is 774. The fraction of sp³-hybridized carbons (Fsp3) is 0.125. The molecule has 116 valence electrons. The van der Waals surface area contributed by atoms with Crippen LogP contribution >= 0.6 is 11.8 Å². The average Bonchev–Trinajstić information content (AvgIpc) is 3.12. The Balaban J connectivity index is 1.76. The summed E-state index contributed by atoms with van der Waals surface area (Å²) >= 11 is 1.66. The summed E-state index contributed by atoms with van der Waals surface area (Å²) in [6.45, 7) is 0. The summed E-state index contributed by atoms with van der Waals surface area (Å²) < 4.78 is 5.43. The first kappa shape index (κ1) is 15.2. The summed E-state index contributed by atoms with van der Waals surface area (Å²) in [6, 6.07) is 11.8. The molecule has 0 N–H and O–H groups in total. The van der Waals surface area contributed by atoms with Crippen molar-refractivity contribution in [3.8, 4) is 5.75 Å². The van der Waals surface area contributed by atoms with Gasteiger partial charge in [-0.15, -0.1) is 21.7 Å². The molecule has 3 aromatic rings. The number of pyridine rings is 1. The maximum atomic E-state index is 5.43. The van der Waals surface area contributed by atoms with Gasteiger partial charge in [0.15, 0.2) is 0 Å². The topological polar surface area (TPSA) is 65.2 Å². The van der Waals surface area contributed by atoms with Gasteiger partial charge < -0.3 is 4.74 Å². The van der Waals surface area contributed by atoms with Crippen molar-refractivity contribution in [1.82, 2.24) is 19.9 Å². The van der Waals surface area contributed by atoms with Crippen LogP contribution in [0.15, 0.2) is 65.4 Å².